The number of amides is 1. The topological polar surface area (TPSA) is 75.6 Å². The molecule has 0 aromatic heterocycles. The van der Waals surface area contributed by atoms with Crippen LogP contribution in [-0.4, -0.2) is 29.6 Å². The van der Waals surface area contributed by atoms with Gasteiger partial charge in [-0.05, 0) is 37.6 Å². The predicted octanol–water partition coefficient (Wildman–Crippen LogP) is 2.65. The second-order valence-electron chi connectivity index (χ2n) is 4.81. The normalized spacial score (nSPS) is 14.7. The Labute approximate surface area is 133 Å². The van der Waals surface area contributed by atoms with Crippen LogP contribution in [0.2, 0.25) is 5.02 Å². The maximum absolute atomic E-state index is 12.2. The predicted molar refractivity (Wildman–Crippen MR) is 83.9 cm³/mol. The molecule has 116 valence electrons. The SMILES string of the molecule is C/C=C/CC(NC(=O)C1=Cc2cc(Cl)ccc2OC1)C(=O)O. The van der Waals surface area contributed by atoms with E-state index in [0.29, 0.717) is 21.9 Å². The Balaban J connectivity index is 2.14. The van der Waals surface area contributed by atoms with Gasteiger partial charge in [-0.25, -0.2) is 4.79 Å². The Bertz CT molecular complexity index is 652. The van der Waals surface area contributed by atoms with Gasteiger partial charge in [-0.2, -0.15) is 0 Å². The van der Waals surface area contributed by atoms with Gasteiger partial charge in [0.05, 0.1) is 5.57 Å². The van der Waals surface area contributed by atoms with E-state index in [-0.39, 0.29) is 13.0 Å². The zero-order valence-electron chi connectivity index (χ0n) is 12.0. The highest BCUT2D eigenvalue weighted by Crippen LogP contribution is 2.28. The molecular weight excluding hydrogens is 306 g/mol. The second-order valence-corrected chi connectivity index (χ2v) is 5.25. The van der Waals surface area contributed by atoms with Crippen LogP contribution in [0, 0.1) is 0 Å². The van der Waals surface area contributed by atoms with Crippen molar-refractivity contribution < 1.29 is 19.4 Å². The van der Waals surface area contributed by atoms with Crippen molar-refractivity contribution in [2.45, 2.75) is 19.4 Å². The first kappa shape index (κ1) is 16.1. The van der Waals surface area contributed by atoms with E-state index < -0.39 is 17.9 Å². The average Bonchev–Trinajstić information content (AvgIpc) is 2.50. The second kappa shape index (κ2) is 7.13. The van der Waals surface area contributed by atoms with Gasteiger partial charge in [0, 0.05) is 10.6 Å². The molecule has 0 saturated heterocycles. The lowest BCUT2D eigenvalue weighted by molar-refractivity contribution is -0.141. The van der Waals surface area contributed by atoms with Crippen LogP contribution in [0.1, 0.15) is 18.9 Å². The van der Waals surface area contributed by atoms with Crippen molar-refractivity contribution in [3.63, 3.8) is 0 Å². The summed E-state index contributed by atoms with van der Waals surface area (Å²) in [5.74, 6) is -0.889. The fraction of sp³-hybridized carbons (Fsp3) is 0.250. The standard InChI is InChI=1S/C16H16ClNO4/c1-2-3-4-13(16(20)21)18-15(19)11-7-10-8-12(17)5-6-14(10)22-9-11/h2-3,5-8,13H,4,9H2,1H3,(H,18,19)(H,20,21)/b3-2+. The van der Waals surface area contributed by atoms with Crippen molar-refractivity contribution in [2.75, 3.05) is 6.61 Å². The summed E-state index contributed by atoms with van der Waals surface area (Å²) < 4.78 is 5.49. The van der Waals surface area contributed by atoms with Crippen LogP contribution in [0.25, 0.3) is 6.08 Å². The Hall–Kier alpha value is -2.27. The number of allylic oxidation sites excluding steroid dienone is 1. The molecule has 1 aromatic carbocycles. The van der Waals surface area contributed by atoms with Gasteiger partial charge >= 0.3 is 5.97 Å². The number of hydrogen-bond acceptors (Lipinski definition) is 3. The molecule has 0 spiro atoms. The minimum atomic E-state index is -1.08. The summed E-state index contributed by atoms with van der Waals surface area (Å²) in [5.41, 5.74) is 1.06. The van der Waals surface area contributed by atoms with Gasteiger partial charge < -0.3 is 15.2 Å². The number of nitrogens with one attached hydrogen (secondary N) is 1. The van der Waals surface area contributed by atoms with E-state index in [2.05, 4.69) is 5.32 Å². The van der Waals surface area contributed by atoms with Crippen LogP contribution in [0.3, 0.4) is 0 Å². The minimum Gasteiger partial charge on any atom is -0.488 e. The zero-order valence-corrected chi connectivity index (χ0v) is 12.8. The number of aliphatic carboxylic acids is 1. The Morgan fingerprint density at radius 2 is 2.27 bits per heavy atom. The lowest BCUT2D eigenvalue weighted by Gasteiger charge is -2.19. The third kappa shape index (κ3) is 3.89. The summed E-state index contributed by atoms with van der Waals surface area (Å²) >= 11 is 5.92. The summed E-state index contributed by atoms with van der Waals surface area (Å²) in [7, 11) is 0. The molecule has 1 atom stereocenters. The van der Waals surface area contributed by atoms with Gasteiger partial charge in [0.1, 0.15) is 18.4 Å². The van der Waals surface area contributed by atoms with Crippen molar-refractivity contribution in [3.8, 4) is 5.75 Å². The van der Waals surface area contributed by atoms with Crippen LogP contribution in [0.15, 0.2) is 35.9 Å². The number of ether oxygens (including phenoxy) is 1. The van der Waals surface area contributed by atoms with E-state index in [1.165, 1.54) is 0 Å². The van der Waals surface area contributed by atoms with Gasteiger partial charge in [0.15, 0.2) is 0 Å². The Morgan fingerprint density at radius 1 is 1.50 bits per heavy atom. The first-order chi connectivity index (χ1) is 10.5. The molecule has 2 rings (SSSR count). The quantitative estimate of drug-likeness (QED) is 0.817. The monoisotopic (exact) mass is 321 g/mol. The van der Waals surface area contributed by atoms with E-state index >= 15 is 0 Å². The van der Waals surface area contributed by atoms with Crippen molar-refractivity contribution in [1.82, 2.24) is 5.32 Å². The molecule has 5 nitrogen and oxygen atoms in total. The molecular formula is C16H16ClNO4. The van der Waals surface area contributed by atoms with E-state index in [1.54, 1.807) is 43.4 Å². The Kier molecular flexibility index (Phi) is 5.22. The maximum atomic E-state index is 12.2. The van der Waals surface area contributed by atoms with Crippen LogP contribution < -0.4 is 10.1 Å². The number of hydrogen-bond donors (Lipinski definition) is 2. The average molecular weight is 322 g/mol. The first-order valence-corrected chi connectivity index (χ1v) is 7.17. The van der Waals surface area contributed by atoms with Crippen LogP contribution in [-0.2, 0) is 9.59 Å². The molecule has 0 fully saturated rings. The largest absolute Gasteiger partial charge is 0.488 e. The Morgan fingerprint density at radius 3 is 2.95 bits per heavy atom. The molecule has 2 N–H and O–H groups in total. The van der Waals surface area contributed by atoms with Gasteiger partial charge in [-0.3, -0.25) is 4.79 Å². The molecule has 0 radical (unpaired) electrons. The zero-order chi connectivity index (χ0) is 16.1. The molecule has 0 saturated carbocycles. The van der Waals surface area contributed by atoms with Crippen molar-refractivity contribution in [3.05, 3.63) is 46.5 Å². The van der Waals surface area contributed by atoms with Gasteiger partial charge in [0.2, 0.25) is 0 Å². The van der Waals surface area contributed by atoms with Crippen LogP contribution >= 0.6 is 11.6 Å². The third-order valence-electron chi connectivity index (χ3n) is 3.19. The highest BCUT2D eigenvalue weighted by Gasteiger charge is 2.23. The summed E-state index contributed by atoms with van der Waals surface area (Å²) in [6.07, 6.45) is 5.33. The van der Waals surface area contributed by atoms with Crippen LogP contribution in [0.5, 0.6) is 5.75 Å². The third-order valence-corrected chi connectivity index (χ3v) is 3.42. The van der Waals surface area contributed by atoms with Crippen molar-refractivity contribution in [1.29, 1.82) is 0 Å². The molecule has 1 aliphatic rings. The lowest BCUT2D eigenvalue weighted by Crippen LogP contribution is -2.42. The molecule has 6 heteroatoms. The minimum absolute atomic E-state index is 0.0937. The van der Waals surface area contributed by atoms with Gasteiger partial charge in [-0.1, -0.05) is 23.8 Å². The summed E-state index contributed by atoms with van der Waals surface area (Å²) in [6, 6.07) is 4.16. The summed E-state index contributed by atoms with van der Waals surface area (Å²) in [5, 5.41) is 12.2. The van der Waals surface area contributed by atoms with Crippen LogP contribution in [0.4, 0.5) is 0 Å². The number of carbonyl (C=O) groups is 2. The fourth-order valence-electron chi connectivity index (χ4n) is 2.02. The molecule has 0 aliphatic carbocycles. The molecule has 1 amide bonds. The van der Waals surface area contributed by atoms with E-state index in [9.17, 15) is 9.59 Å². The highest BCUT2D eigenvalue weighted by molar-refractivity contribution is 6.30. The molecule has 1 aliphatic heterocycles. The van der Waals surface area contributed by atoms with Gasteiger partial charge in [0.25, 0.3) is 5.91 Å². The van der Waals surface area contributed by atoms with E-state index in [1.807, 2.05) is 0 Å². The number of fused-ring (bicyclic) bond motifs is 1. The van der Waals surface area contributed by atoms with Gasteiger partial charge in [-0.15, -0.1) is 0 Å². The fourth-order valence-corrected chi connectivity index (χ4v) is 2.20. The smallest absolute Gasteiger partial charge is 0.326 e. The van der Waals surface area contributed by atoms with E-state index in [4.69, 9.17) is 21.4 Å². The maximum Gasteiger partial charge on any atom is 0.326 e. The number of carboxylic acid groups (broad SMARTS) is 1. The molecule has 22 heavy (non-hydrogen) atoms. The van der Waals surface area contributed by atoms with E-state index in [0.717, 1.165) is 0 Å². The number of benzene rings is 1. The number of carboxylic acids is 1. The van der Waals surface area contributed by atoms with Crippen molar-refractivity contribution in [2.24, 2.45) is 0 Å². The number of rotatable bonds is 5. The molecule has 1 heterocycles. The molecule has 1 unspecified atom stereocenters. The lowest BCUT2D eigenvalue weighted by atomic mass is 10.1. The first-order valence-electron chi connectivity index (χ1n) is 6.79. The summed E-state index contributed by atoms with van der Waals surface area (Å²) in [6.45, 7) is 1.88. The summed E-state index contributed by atoms with van der Waals surface area (Å²) in [4.78, 5) is 23.3. The highest BCUT2D eigenvalue weighted by atomic mass is 35.5. The molecule has 0 bridgehead atoms. The number of halogens is 1. The van der Waals surface area contributed by atoms with Crippen molar-refractivity contribution >= 4 is 29.6 Å². The molecule has 1 aromatic rings. The number of carbonyl (C=O) groups excluding carboxylic acids is 1.